The predicted molar refractivity (Wildman–Crippen MR) is 49.7 cm³/mol. The Labute approximate surface area is 82.4 Å². The number of ether oxygens (including phenoxy) is 1. The average molecular weight is 204 g/mol. The third-order valence-corrected chi connectivity index (χ3v) is 1.80. The largest absolute Gasteiger partial charge is 0.479 e. The van der Waals surface area contributed by atoms with Crippen LogP contribution in [-0.4, -0.2) is 42.8 Å². The number of aliphatic carboxylic acids is 1. The zero-order valence-corrected chi connectivity index (χ0v) is 8.32. The van der Waals surface area contributed by atoms with Gasteiger partial charge in [-0.3, -0.25) is 4.79 Å². The van der Waals surface area contributed by atoms with Crippen LogP contribution >= 0.6 is 0 Å². The maximum Gasteiger partial charge on any atom is 0.334 e. The van der Waals surface area contributed by atoms with Gasteiger partial charge < -0.3 is 20.9 Å². The van der Waals surface area contributed by atoms with Crippen molar-refractivity contribution in [2.24, 2.45) is 5.73 Å². The number of rotatable bonds is 6. The average Bonchev–Trinajstić information content (AvgIpc) is 2.16. The van der Waals surface area contributed by atoms with E-state index in [1.807, 2.05) is 0 Å². The highest BCUT2D eigenvalue weighted by Crippen LogP contribution is 1.90. The van der Waals surface area contributed by atoms with Gasteiger partial charge in [-0.15, -0.1) is 0 Å². The lowest BCUT2D eigenvalue weighted by molar-refractivity contribution is -0.148. The highest BCUT2D eigenvalue weighted by molar-refractivity contribution is 5.82. The first-order chi connectivity index (χ1) is 6.52. The number of nitrogens with one attached hydrogen (secondary N) is 1. The number of methoxy groups -OCH3 is 1. The maximum atomic E-state index is 11.1. The minimum Gasteiger partial charge on any atom is -0.479 e. The predicted octanol–water partition coefficient (Wildman–Crippen LogP) is -1.06. The van der Waals surface area contributed by atoms with Crippen LogP contribution < -0.4 is 11.1 Å². The molecule has 1 amide bonds. The number of carbonyl (C=O) groups is 2. The molecule has 0 aromatic heterocycles. The van der Waals surface area contributed by atoms with Crippen LogP contribution in [0.5, 0.6) is 0 Å². The van der Waals surface area contributed by atoms with Crippen LogP contribution in [0.2, 0.25) is 0 Å². The van der Waals surface area contributed by atoms with Crippen molar-refractivity contribution in [3.8, 4) is 0 Å². The lowest BCUT2D eigenvalue weighted by Crippen LogP contribution is -2.45. The zero-order valence-electron chi connectivity index (χ0n) is 8.32. The third-order valence-electron chi connectivity index (χ3n) is 1.80. The number of amides is 1. The van der Waals surface area contributed by atoms with Crippen molar-refractivity contribution in [1.82, 2.24) is 5.32 Å². The molecule has 0 aromatic carbocycles. The molecule has 0 radical (unpaired) electrons. The minimum atomic E-state index is -1.11. The van der Waals surface area contributed by atoms with Crippen molar-refractivity contribution < 1.29 is 19.4 Å². The van der Waals surface area contributed by atoms with Gasteiger partial charge in [-0.1, -0.05) is 6.92 Å². The molecule has 0 bridgehead atoms. The fourth-order valence-electron chi connectivity index (χ4n) is 0.781. The van der Waals surface area contributed by atoms with Crippen LogP contribution in [0.25, 0.3) is 0 Å². The van der Waals surface area contributed by atoms with Crippen LogP contribution in [0.1, 0.15) is 13.3 Å². The lowest BCUT2D eigenvalue weighted by Gasteiger charge is -2.13. The van der Waals surface area contributed by atoms with E-state index in [4.69, 9.17) is 10.8 Å². The molecule has 0 aliphatic rings. The summed E-state index contributed by atoms with van der Waals surface area (Å²) in [6.45, 7) is 1.70. The molecule has 6 nitrogen and oxygen atoms in total. The van der Waals surface area contributed by atoms with Crippen molar-refractivity contribution in [3.05, 3.63) is 0 Å². The van der Waals surface area contributed by atoms with Gasteiger partial charge in [0.15, 0.2) is 6.10 Å². The first kappa shape index (κ1) is 12.9. The summed E-state index contributed by atoms with van der Waals surface area (Å²) in [5.41, 5.74) is 5.42. The third kappa shape index (κ3) is 4.20. The molecule has 82 valence electrons. The van der Waals surface area contributed by atoms with Gasteiger partial charge in [-0.25, -0.2) is 4.79 Å². The summed E-state index contributed by atoms with van der Waals surface area (Å²) in [6, 6.07) is -0.596. The molecule has 2 atom stereocenters. The highest BCUT2D eigenvalue weighted by Gasteiger charge is 2.18. The molecule has 1 unspecified atom stereocenters. The second-order valence-electron chi connectivity index (χ2n) is 2.82. The second-order valence-corrected chi connectivity index (χ2v) is 2.82. The molecule has 0 aliphatic heterocycles. The van der Waals surface area contributed by atoms with Crippen molar-refractivity contribution in [2.75, 3.05) is 13.7 Å². The van der Waals surface area contributed by atoms with E-state index >= 15 is 0 Å². The molecule has 0 aliphatic carbocycles. The van der Waals surface area contributed by atoms with Gasteiger partial charge in [-0.2, -0.15) is 0 Å². The van der Waals surface area contributed by atoms with Crippen molar-refractivity contribution in [1.29, 1.82) is 0 Å². The summed E-state index contributed by atoms with van der Waals surface area (Å²) < 4.78 is 4.62. The molecule has 0 spiro atoms. The van der Waals surface area contributed by atoms with Crippen LogP contribution in [0.3, 0.4) is 0 Å². The Hall–Kier alpha value is -1.14. The number of carbonyl (C=O) groups excluding carboxylic acids is 1. The standard InChI is InChI=1S/C8H16N2O4/c1-3-5(9)7(11)10-4-6(14-2)8(12)13/h5-6H,3-4,9H2,1-2H3,(H,10,11)(H,12,13)/t5-,6?/m1/s1. The Morgan fingerprint density at radius 3 is 2.50 bits per heavy atom. The molecule has 0 heterocycles. The van der Waals surface area contributed by atoms with E-state index < -0.39 is 18.1 Å². The quantitative estimate of drug-likeness (QED) is 0.512. The first-order valence-corrected chi connectivity index (χ1v) is 4.31. The molecule has 0 saturated heterocycles. The van der Waals surface area contributed by atoms with Crippen LogP contribution in [0.4, 0.5) is 0 Å². The molecule has 0 fully saturated rings. The zero-order chi connectivity index (χ0) is 11.1. The van der Waals surface area contributed by atoms with Gasteiger partial charge in [0, 0.05) is 7.11 Å². The fraction of sp³-hybridized carbons (Fsp3) is 0.750. The molecule has 6 heteroatoms. The Balaban J connectivity index is 3.91. The number of carboxylic acid groups (broad SMARTS) is 1. The summed E-state index contributed by atoms with van der Waals surface area (Å²) in [6.07, 6.45) is -0.515. The van der Waals surface area contributed by atoms with Crippen LogP contribution in [0, 0.1) is 0 Å². The summed E-state index contributed by atoms with van der Waals surface area (Å²) in [5, 5.41) is 11.0. The van der Waals surface area contributed by atoms with E-state index in [9.17, 15) is 9.59 Å². The van der Waals surface area contributed by atoms with E-state index in [1.54, 1.807) is 6.92 Å². The van der Waals surface area contributed by atoms with Gasteiger partial charge in [0.25, 0.3) is 0 Å². The Kier molecular flexibility index (Phi) is 5.82. The van der Waals surface area contributed by atoms with Gasteiger partial charge in [0.05, 0.1) is 12.6 Å². The topological polar surface area (TPSA) is 102 Å². The van der Waals surface area contributed by atoms with E-state index in [1.165, 1.54) is 7.11 Å². The van der Waals surface area contributed by atoms with Crippen molar-refractivity contribution >= 4 is 11.9 Å². The van der Waals surface area contributed by atoms with Crippen molar-refractivity contribution in [3.63, 3.8) is 0 Å². The number of nitrogens with two attached hydrogens (primary N) is 1. The first-order valence-electron chi connectivity index (χ1n) is 4.31. The summed E-state index contributed by atoms with van der Waals surface area (Å²) >= 11 is 0. The number of hydrogen-bond acceptors (Lipinski definition) is 4. The molecule has 4 N–H and O–H groups in total. The molecule has 0 aromatic rings. The van der Waals surface area contributed by atoms with Gasteiger partial charge in [-0.05, 0) is 6.42 Å². The molecule has 0 saturated carbocycles. The molecule has 0 rings (SSSR count). The molecular weight excluding hydrogens is 188 g/mol. The van der Waals surface area contributed by atoms with Crippen LogP contribution in [-0.2, 0) is 14.3 Å². The van der Waals surface area contributed by atoms with E-state index in [0.717, 1.165) is 0 Å². The summed E-state index contributed by atoms with van der Waals surface area (Å²) in [7, 11) is 1.27. The van der Waals surface area contributed by atoms with E-state index in [2.05, 4.69) is 10.1 Å². The monoisotopic (exact) mass is 204 g/mol. The number of hydrogen-bond donors (Lipinski definition) is 3. The van der Waals surface area contributed by atoms with E-state index in [0.29, 0.717) is 6.42 Å². The number of carboxylic acids is 1. The Morgan fingerprint density at radius 2 is 2.14 bits per heavy atom. The maximum absolute atomic E-state index is 11.1. The van der Waals surface area contributed by atoms with E-state index in [-0.39, 0.29) is 12.5 Å². The van der Waals surface area contributed by atoms with Crippen LogP contribution in [0.15, 0.2) is 0 Å². The SMILES string of the molecule is CC[C@@H](N)C(=O)NCC(OC)C(=O)O. The van der Waals surface area contributed by atoms with Gasteiger partial charge >= 0.3 is 5.97 Å². The highest BCUT2D eigenvalue weighted by atomic mass is 16.5. The minimum absolute atomic E-state index is 0.0711. The van der Waals surface area contributed by atoms with Gasteiger partial charge in [0.1, 0.15) is 0 Å². The summed E-state index contributed by atoms with van der Waals surface area (Å²) in [5.74, 6) is -1.48. The van der Waals surface area contributed by atoms with Gasteiger partial charge in [0.2, 0.25) is 5.91 Å². The molecular formula is C8H16N2O4. The second kappa shape index (κ2) is 6.33. The normalized spacial score (nSPS) is 14.5. The lowest BCUT2D eigenvalue weighted by atomic mass is 10.2. The van der Waals surface area contributed by atoms with Crippen molar-refractivity contribution in [2.45, 2.75) is 25.5 Å². The smallest absolute Gasteiger partial charge is 0.334 e. The Morgan fingerprint density at radius 1 is 1.57 bits per heavy atom. The molecule has 14 heavy (non-hydrogen) atoms. The Bertz CT molecular complexity index is 208. The summed E-state index contributed by atoms with van der Waals surface area (Å²) in [4.78, 5) is 21.6. The fourth-order valence-corrected chi connectivity index (χ4v) is 0.781.